The van der Waals surface area contributed by atoms with Gasteiger partial charge in [-0.2, -0.15) is 0 Å². The van der Waals surface area contributed by atoms with Gasteiger partial charge in [-0.25, -0.2) is 0 Å². The van der Waals surface area contributed by atoms with Crippen molar-refractivity contribution in [2.75, 3.05) is 18.4 Å². The molecule has 4 N–H and O–H groups in total. The lowest BCUT2D eigenvalue weighted by atomic mass is 9.88. The van der Waals surface area contributed by atoms with E-state index in [1.165, 1.54) is 0 Å². The van der Waals surface area contributed by atoms with Crippen LogP contribution in [-0.4, -0.2) is 24.9 Å². The second-order valence-electron chi connectivity index (χ2n) is 4.64. The second kappa shape index (κ2) is 6.54. The summed E-state index contributed by atoms with van der Waals surface area (Å²) in [4.78, 5) is 22.8. The van der Waals surface area contributed by atoms with Crippen LogP contribution < -0.4 is 16.4 Å². The van der Waals surface area contributed by atoms with Gasteiger partial charge in [0.25, 0.3) is 0 Å². The number of nitrogens with two attached hydrogens (primary N) is 1. The van der Waals surface area contributed by atoms with Gasteiger partial charge in [-0.05, 0) is 43.3 Å². The molecule has 104 valence electrons. The van der Waals surface area contributed by atoms with Crippen LogP contribution in [0, 0.1) is 11.8 Å². The highest BCUT2D eigenvalue weighted by Crippen LogP contribution is 2.18. The third-order valence-corrected chi connectivity index (χ3v) is 3.37. The molecule has 0 bridgehead atoms. The highest BCUT2D eigenvalue weighted by molar-refractivity contribution is 5.95. The van der Waals surface area contributed by atoms with E-state index in [4.69, 9.17) is 5.73 Å². The zero-order chi connectivity index (χ0) is 13.1. The van der Waals surface area contributed by atoms with Crippen LogP contribution in [0.1, 0.15) is 17.3 Å². The Morgan fingerprint density at radius 1 is 1.32 bits per heavy atom. The van der Waals surface area contributed by atoms with E-state index in [0.29, 0.717) is 17.2 Å². The zero-order valence-corrected chi connectivity index (χ0v) is 11.5. The Balaban J connectivity index is 0.00000180. The van der Waals surface area contributed by atoms with Gasteiger partial charge in [0.15, 0.2) is 0 Å². The molecule has 1 atom stereocenters. The molecule has 1 fully saturated rings. The Hall–Kier alpha value is -1.59. The van der Waals surface area contributed by atoms with Gasteiger partial charge in [0.1, 0.15) is 0 Å². The molecule has 1 aromatic rings. The van der Waals surface area contributed by atoms with E-state index >= 15 is 0 Å². The number of anilines is 1. The number of rotatable bonds is 4. The number of primary amides is 1. The summed E-state index contributed by atoms with van der Waals surface area (Å²) in [6.07, 6.45) is 0. The van der Waals surface area contributed by atoms with Crippen LogP contribution in [0.5, 0.6) is 0 Å². The Morgan fingerprint density at radius 3 is 2.32 bits per heavy atom. The normalized spacial score (nSPS) is 15.8. The summed E-state index contributed by atoms with van der Waals surface area (Å²) in [5.41, 5.74) is 6.26. The molecule has 0 saturated carbocycles. The molecule has 1 aliphatic rings. The summed E-state index contributed by atoms with van der Waals surface area (Å²) in [6.45, 7) is 3.73. The van der Waals surface area contributed by atoms with Crippen LogP contribution >= 0.6 is 12.4 Å². The first-order valence-corrected chi connectivity index (χ1v) is 5.99. The number of hydrogen-bond acceptors (Lipinski definition) is 3. The van der Waals surface area contributed by atoms with Crippen LogP contribution in [0.25, 0.3) is 0 Å². The van der Waals surface area contributed by atoms with Crippen molar-refractivity contribution >= 4 is 29.9 Å². The fourth-order valence-electron chi connectivity index (χ4n) is 1.85. The van der Waals surface area contributed by atoms with Gasteiger partial charge in [0.2, 0.25) is 11.8 Å². The summed E-state index contributed by atoms with van der Waals surface area (Å²) in [5, 5.41) is 5.99. The number of benzene rings is 1. The zero-order valence-electron chi connectivity index (χ0n) is 10.7. The molecule has 0 aliphatic carbocycles. The molecule has 1 unspecified atom stereocenters. The Morgan fingerprint density at radius 2 is 1.89 bits per heavy atom. The summed E-state index contributed by atoms with van der Waals surface area (Å²) in [7, 11) is 0. The maximum Gasteiger partial charge on any atom is 0.248 e. The number of halogens is 1. The van der Waals surface area contributed by atoms with Gasteiger partial charge in [-0.3, -0.25) is 9.59 Å². The number of carbonyl (C=O) groups excluding carboxylic acids is 2. The van der Waals surface area contributed by atoms with Gasteiger partial charge in [-0.15, -0.1) is 12.4 Å². The van der Waals surface area contributed by atoms with Crippen LogP contribution in [0.4, 0.5) is 5.69 Å². The van der Waals surface area contributed by atoms with Crippen molar-refractivity contribution in [2.45, 2.75) is 6.92 Å². The highest BCUT2D eigenvalue weighted by atomic mass is 35.5. The minimum absolute atomic E-state index is 0. The smallest absolute Gasteiger partial charge is 0.248 e. The number of hydrogen-bond donors (Lipinski definition) is 3. The summed E-state index contributed by atoms with van der Waals surface area (Å²) in [5.74, 6) is -0.0629. The van der Waals surface area contributed by atoms with E-state index in [1.807, 2.05) is 6.92 Å². The molecule has 1 saturated heterocycles. The average molecular weight is 284 g/mol. The Kier molecular flexibility index (Phi) is 5.32. The van der Waals surface area contributed by atoms with Crippen LogP contribution in [0.15, 0.2) is 24.3 Å². The lowest BCUT2D eigenvalue weighted by Gasteiger charge is -2.31. The maximum atomic E-state index is 11.9. The first-order chi connectivity index (χ1) is 8.58. The SMILES string of the molecule is CC(C(=O)Nc1ccc(C(N)=O)cc1)C1CNC1.Cl. The molecule has 2 rings (SSSR count). The van der Waals surface area contributed by atoms with Crippen molar-refractivity contribution in [2.24, 2.45) is 17.6 Å². The largest absolute Gasteiger partial charge is 0.366 e. The molecule has 6 heteroatoms. The molecule has 1 heterocycles. The molecule has 19 heavy (non-hydrogen) atoms. The molecule has 0 radical (unpaired) electrons. The van der Waals surface area contributed by atoms with Gasteiger partial charge < -0.3 is 16.4 Å². The van der Waals surface area contributed by atoms with E-state index in [-0.39, 0.29) is 24.2 Å². The fourth-order valence-corrected chi connectivity index (χ4v) is 1.85. The van der Waals surface area contributed by atoms with Gasteiger partial charge in [0, 0.05) is 17.2 Å². The van der Waals surface area contributed by atoms with Crippen LogP contribution in [0.3, 0.4) is 0 Å². The third kappa shape index (κ3) is 3.68. The third-order valence-electron chi connectivity index (χ3n) is 3.37. The first-order valence-electron chi connectivity index (χ1n) is 5.99. The van der Waals surface area contributed by atoms with E-state index in [1.54, 1.807) is 24.3 Å². The maximum absolute atomic E-state index is 11.9. The lowest BCUT2D eigenvalue weighted by molar-refractivity contribution is -0.121. The molecule has 0 spiro atoms. The Labute approximate surface area is 118 Å². The molecule has 1 aromatic carbocycles. The average Bonchev–Trinajstić information content (AvgIpc) is 2.27. The fraction of sp³-hybridized carbons (Fsp3) is 0.385. The van der Waals surface area contributed by atoms with Crippen molar-refractivity contribution in [3.8, 4) is 0 Å². The Bertz CT molecular complexity index is 457. The van der Waals surface area contributed by atoms with Crippen molar-refractivity contribution in [3.63, 3.8) is 0 Å². The minimum atomic E-state index is -0.471. The molecule has 2 amide bonds. The number of amides is 2. The molecule has 1 aliphatic heterocycles. The quantitative estimate of drug-likeness (QED) is 0.771. The van der Waals surface area contributed by atoms with Crippen LogP contribution in [0.2, 0.25) is 0 Å². The number of nitrogens with one attached hydrogen (secondary N) is 2. The first kappa shape index (κ1) is 15.5. The lowest BCUT2D eigenvalue weighted by Crippen LogP contribution is -2.48. The number of carbonyl (C=O) groups is 2. The van der Waals surface area contributed by atoms with Crippen molar-refractivity contribution in [1.29, 1.82) is 0 Å². The second-order valence-corrected chi connectivity index (χ2v) is 4.64. The van der Waals surface area contributed by atoms with Crippen molar-refractivity contribution in [1.82, 2.24) is 5.32 Å². The summed E-state index contributed by atoms with van der Waals surface area (Å²) in [6, 6.07) is 6.58. The van der Waals surface area contributed by atoms with Crippen LogP contribution in [-0.2, 0) is 4.79 Å². The van der Waals surface area contributed by atoms with Crippen molar-refractivity contribution in [3.05, 3.63) is 29.8 Å². The van der Waals surface area contributed by atoms with E-state index < -0.39 is 5.91 Å². The monoisotopic (exact) mass is 283 g/mol. The van der Waals surface area contributed by atoms with Gasteiger partial charge in [0.05, 0.1) is 0 Å². The highest BCUT2D eigenvalue weighted by Gasteiger charge is 2.28. The predicted molar refractivity (Wildman–Crippen MR) is 76.4 cm³/mol. The van der Waals surface area contributed by atoms with Gasteiger partial charge >= 0.3 is 0 Å². The minimum Gasteiger partial charge on any atom is -0.366 e. The summed E-state index contributed by atoms with van der Waals surface area (Å²) >= 11 is 0. The molecular formula is C13H18ClN3O2. The topological polar surface area (TPSA) is 84.2 Å². The molecule has 0 aromatic heterocycles. The van der Waals surface area contributed by atoms with E-state index in [0.717, 1.165) is 13.1 Å². The molecule has 5 nitrogen and oxygen atoms in total. The van der Waals surface area contributed by atoms with E-state index in [9.17, 15) is 9.59 Å². The standard InChI is InChI=1S/C13H17N3O2.ClH/c1-8(10-6-15-7-10)13(18)16-11-4-2-9(3-5-11)12(14)17;/h2-5,8,10,15H,6-7H2,1H3,(H2,14,17)(H,16,18);1H. The predicted octanol–water partition coefficient (Wildman–Crippen LogP) is 1.00. The van der Waals surface area contributed by atoms with Gasteiger partial charge in [-0.1, -0.05) is 6.92 Å². The molecular weight excluding hydrogens is 266 g/mol. The summed E-state index contributed by atoms with van der Waals surface area (Å²) < 4.78 is 0. The van der Waals surface area contributed by atoms with Crippen molar-refractivity contribution < 1.29 is 9.59 Å². The van der Waals surface area contributed by atoms with E-state index in [2.05, 4.69) is 10.6 Å².